The molecule has 0 radical (unpaired) electrons. The number of hydrogen-bond donors (Lipinski definition) is 3. The second kappa shape index (κ2) is 11.6. The van der Waals surface area contributed by atoms with Gasteiger partial charge in [0, 0.05) is 12.5 Å². The van der Waals surface area contributed by atoms with Gasteiger partial charge in [0.05, 0.1) is 7.11 Å². The summed E-state index contributed by atoms with van der Waals surface area (Å²) in [6, 6.07) is -0.952. The number of nitrogens with one attached hydrogen (secondary N) is 3. The summed E-state index contributed by atoms with van der Waals surface area (Å²) in [5, 5.41) is 7.53. The summed E-state index contributed by atoms with van der Waals surface area (Å²) < 4.78 is 9.71. The Morgan fingerprint density at radius 1 is 1.21 bits per heavy atom. The fourth-order valence-electron chi connectivity index (χ4n) is 2.58. The predicted octanol–water partition coefficient (Wildman–Crippen LogP) is 1.50. The molecule has 0 aromatic carbocycles. The summed E-state index contributed by atoms with van der Waals surface area (Å²) in [5.41, 5.74) is -0.677. The lowest BCUT2D eigenvalue weighted by Crippen LogP contribution is -2.49. The standard InChI is InChI=1S/C16H27N3O6.C4H8/c1-16(2,3)25-15(23)18-9-12(20)19-11(14(22)24-4)8-10-6-5-7-17-13(10)21;1-4-2-3-4/h10-11H,5-9H2,1-4H3,(H,17,21)(H,18,23)(H,19,20);4H,2-3H2,1H3. The SMILES string of the molecule is CC1CC1.COC(=O)C(CC1CCCNC1=O)NC(=O)CNC(=O)OC(C)(C)C. The monoisotopic (exact) mass is 413 g/mol. The van der Waals surface area contributed by atoms with Gasteiger partial charge in [-0.3, -0.25) is 9.59 Å². The second-order valence-corrected chi connectivity index (χ2v) is 8.55. The Morgan fingerprint density at radius 3 is 2.31 bits per heavy atom. The van der Waals surface area contributed by atoms with Crippen LogP contribution in [0.4, 0.5) is 4.79 Å². The normalized spacial score (nSPS) is 19.6. The Hall–Kier alpha value is -2.32. The summed E-state index contributed by atoms with van der Waals surface area (Å²) in [7, 11) is 1.21. The molecule has 166 valence electrons. The Balaban J connectivity index is 0.000000929. The Morgan fingerprint density at radius 2 is 1.83 bits per heavy atom. The van der Waals surface area contributed by atoms with Gasteiger partial charge < -0.3 is 25.4 Å². The third-order valence-corrected chi connectivity index (χ3v) is 4.40. The highest BCUT2D eigenvalue weighted by atomic mass is 16.6. The molecule has 0 aromatic heterocycles. The highest BCUT2D eigenvalue weighted by Crippen LogP contribution is 2.26. The minimum Gasteiger partial charge on any atom is -0.467 e. The molecule has 29 heavy (non-hydrogen) atoms. The number of methoxy groups -OCH3 is 1. The number of hydrogen-bond acceptors (Lipinski definition) is 6. The molecule has 9 nitrogen and oxygen atoms in total. The molecule has 2 aliphatic rings. The molecule has 1 aliphatic heterocycles. The predicted molar refractivity (Wildman–Crippen MR) is 107 cm³/mol. The van der Waals surface area contributed by atoms with Gasteiger partial charge in [0.15, 0.2) is 0 Å². The maximum absolute atomic E-state index is 12.0. The summed E-state index contributed by atoms with van der Waals surface area (Å²) in [5.74, 6) is -0.625. The average Bonchev–Trinajstić information content (AvgIpc) is 3.41. The molecular weight excluding hydrogens is 378 g/mol. The zero-order valence-electron chi connectivity index (χ0n) is 18.1. The fraction of sp³-hybridized carbons (Fsp3) is 0.800. The number of alkyl carbamates (subject to hydrolysis) is 1. The summed E-state index contributed by atoms with van der Waals surface area (Å²) >= 11 is 0. The number of rotatable bonds is 6. The van der Waals surface area contributed by atoms with Crippen molar-refractivity contribution in [1.29, 1.82) is 0 Å². The van der Waals surface area contributed by atoms with Crippen LogP contribution >= 0.6 is 0 Å². The van der Waals surface area contributed by atoms with E-state index in [1.165, 1.54) is 20.0 Å². The van der Waals surface area contributed by atoms with E-state index in [1.807, 2.05) is 0 Å². The maximum atomic E-state index is 12.0. The first-order chi connectivity index (χ1) is 13.5. The van der Waals surface area contributed by atoms with E-state index in [4.69, 9.17) is 4.74 Å². The first kappa shape index (κ1) is 24.7. The quantitative estimate of drug-likeness (QED) is 0.567. The van der Waals surface area contributed by atoms with E-state index in [0.717, 1.165) is 12.3 Å². The molecular formula is C20H35N3O6. The van der Waals surface area contributed by atoms with Crippen LogP contribution in [0.3, 0.4) is 0 Å². The van der Waals surface area contributed by atoms with E-state index in [1.54, 1.807) is 20.8 Å². The van der Waals surface area contributed by atoms with Gasteiger partial charge in [0.1, 0.15) is 18.2 Å². The van der Waals surface area contributed by atoms with Crippen molar-refractivity contribution >= 4 is 23.9 Å². The van der Waals surface area contributed by atoms with Crippen molar-refractivity contribution in [3.8, 4) is 0 Å². The van der Waals surface area contributed by atoms with Crippen LogP contribution in [0.25, 0.3) is 0 Å². The third-order valence-electron chi connectivity index (χ3n) is 4.40. The van der Waals surface area contributed by atoms with Crippen molar-refractivity contribution in [3.63, 3.8) is 0 Å². The van der Waals surface area contributed by atoms with E-state index in [-0.39, 0.29) is 24.8 Å². The molecule has 0 bridgehead atoms. The lowest BCUT2D eigenvalue weighted by molar-refractivity contribution is -0.146. The first-order valence-corrected chi connectivity index (χ1v) is 10.1. The summed E-state index contributed by atoms with van der Waals surface area (Å²) in [4.78, 5) is 47.2. The summed E-state index contributed by atoms with van der Waals surface area (Å²) in [6.07, 6.45) is 3.85. The van der Waals surface area contributed by atoms with Crippen LogP contribution in [0.2, 0.25) is 0 Å². The molecule has 2 rings (SSSR count). The van der Waals surface area contributed by atoms with Crippen molar-refractivity contribution in [1.82, 2.24) is 16.0 Å². The zero-order chi connectivity index (χ0) is 22.0. The zero-order valence-corrected chi connectivity index (χ0v) is 18.1. The van der Waals surface area contributed by atoms with Gasteiger partial charge in [-0.1, -0.05) is 19.8 Å². The topological polar surface area (TPSA) is 123 Å². The fourth-order valence-corrected chi connectivity index (χ4v) is 2.58. The van der Waals surface area contributed by atoms with E-state index in [2.05, 4.69) is 27.6 Å². The highest BCUT2D eigenvalue weighted by Gasteiger charge is 2.30. The molecule has 1 saturated heterocycles. The molecule has 1 heterocycles. The third kappa shape index (κ3) is 11.3. The van der Waals surface area contributed by atoms with Gasteiger partial charge in [0.25, 0.3) is 0 Å². The molecule has 0 spiro atoms. The molecule has 0 aromatic rings. The number of piperidine rings is 1. The number of ether oxygens (including phenoxy) is 2. The molecule has 2 atom stereocenters. The van der Waals surface area contributed by atoms with Crippen molar-refractivity contribution < 1.29 is 28.7 Å². The molecule has 9 heteroatoms. The van der Waals surface area contributed by atoms with Crippen molar-refractivity contribution in [2.75, 3.05) is 20.2 Å². The second-order valence-electron chi connectivity index (χ2n) is 8.55. The van der Waals surface area contributed by atoms with Gasteiger partial charge >= 0.3 is 12.1 Å². The summed E-state index contributed by atoms with van der Waals surface area (Å²) in [6.45, 7) is 7.66. The van der Waals surface area contributed by atoms with Crippen molar-refractivity contribution in [2.45, 2.75) is 71.4 Å². The van der Waals surface area contributed by atoms with Crippen LogP contribution < -0.4 is 16.0 Å². The van der Waals surface area contributed by atoms with Crippen LogP contribution in [0.5, 0.6) is 0 Å². The molecule has 1 saturated carbocycles. The Labute approximate surface area is 172 Å². The molecule has 3 amide bonds. The van der Waals surface area contributed by atoms with E-state index in [0.29, 0.717) is 13.0 Å². The van der Waals surface area contributed by atoms with Crippen molar-refractivity contribution in [3.05, 3.63) is 0 Å². The number of carbonyl (C=O) groups excluding carboxylic acids is 4. The van der Waals surface area contributed by atoms with Gasteiger partial charge in [-0.15, -0.1) is 0 Å². The van der Waals surface area contributed by atoms with Crippen LogP contribution in [0.1, 0.15) is 59.8 Å². The lowest BCUT2D eigenvalue weighted by Gasteiger charge is -2.25. The van der Waals surface area contributed by atoms with E-state index in [9.17, 15) is 19.2 Å². The maximum Gasteiger partial charge on any atom is 0.408 e. The first-order valence-electron chi connectivity index (χ1n) is 10.1. The van der Waals surface area contributed by atoms with Crippen LogP contribution in [-0.2, 0) is 23.9 Å². The molecule has 3 N–H and O–H groups in total. The lowest BCUT2D eigenvalue weighted by atomic mass is 9.91. The molecule has 1 aliphatic carbocycles. The van der Waals surface area contributed by atoms with Gasteiger partial charge in [0.2, 0.25) is 11.8 Å². The minimum atomic E-state index is -0.952. The Kier molecular flexibility index (Phi) is 9.91. The number of esters is 1. The smallest absolute Gasteiger partial charge is 0.408 e. The number of carbonyl (C=O) groups is 4. The molecule has 2 fully saturated rings. The molecule has 2 unspecified atom stereocenters. The van der Waals surface area contributed by atoms with Gasteiger partial charge in [-0.2, -0.15) is 0 Å². The highest BCUT2D eigenvalue weighted by molar-refractivity contribution is 5.88. The minimum absolute atomic E-state index is 0.138. The van der Waals surface area contributed by atoms with Gasteiger partial charge in [-0.05, 0) is 46.0 Å². The van der Waals surface area contributed by atoms with Crippen LogP contribution in [0, 0.1) is 11.8 Å². The Bertz CT molecular complexity index is 583. The number of amides is 3. The average molecular weight is 414 g/mol. The van der Waals surface area contributed by atoms with Gasteiger partial charge in [-0.25, -0.2) is 9.59 Å². The van der Waals surface area contributed by atoms with Crippen molar-refractivity contribution in [2.24, 2.45) is 11.8 Å². The van der Waals surface area contributed by atoms with Crippen LogP contribution in [0.15, 0.2) is 0 Å². The van der Waals surface area contributed by atoms with Crippen LogP contribution in [-0.4, -0.2) is 55.7 Å². The largest absolute Gasteiger partial charge is 0.467 e. The van der Waals surface area contributed by atoms with E-state index < -0.39 is 29.6 Å². The van der Waals surface area contributed by atoms with E-state index >= 15 is 0 Å².